The van der Waals surface area contributed by atoms with Gasteiger partial charge < -0.3 is 15.4 Å². The lowest BCUT2D eigenvalue weighted by Gasteiger charge is -2.36. The third-order valence-electron chi connectivity index (χ3n) is 4.62. The van der Waals surface area contributed by atoms with Gasteiger partial charge in [0.1, 0.15) is 5.56 Å². The molecule has 1 aromatic rings. The topological polar surface area (TPSA) is 80.3 Å². The molecule has 7 heteroatoms. The van der Waals surface area contributed by atoms with Crippen LogP contribution >= 0.6 is 0 Å². The van der Waals surface area contributed by atoms with Gasteiger partial charge in [-0.25, -0.2) is 9.37 Å². The SMILES string of the molecule is CC(C)Oc1ncccc1C(=O)NCCC1CC(NC(=O)C(F)C(C)C)C1. The van der Waals surface area contributed by atoms with Crippen molar-refractivity contribution in [3.63, 3.8) is 0 Å². The summed E-state index contributed by atoms with van der Waals surface area (Å²) in [6.45, 7) is 7.69. The summed E-state index contributed by atoms with van der Waals surface area (Å²) in [4.78, 5) is 28.2. The summed E-state index contributed by atoms with van der Waals surface area (Å²) in [6, 6.07) is 3.44. The zero-order valence-electron chi connectivity index (χ0n) is 16.5. The third-order valence-corrected chi connectivity index (χ3v) is 4.62. The first-order valence-electron chi connectivity index (χ1n) is 9.62. The van der Waals surface area contributed by atoms with E-state index in [0.717, 1.165) is 19.3 Å². The highest BCUT2D eigenvalue weighted by Crippen LogP contribution is 2.30. The molecule has 2 amide bonds. The number of pyridine rings is 1. The number of hydrogen-bond acceptors (Lipinski definition) is 4. The zero-order valence-corrected chi connectivity index (χ0v) is 16.5. The second-order valence-electron chi connectivity index (χ2n) is 7.76. The average Bonchev–Trinajstić information content (AvgIpc) is 2.58. The minimum atomic E-state index is -1.45. The van der Waals surface area contributed by atoms with Gasteiger partial charge in [0, 0.05) is 18.8 Å². The Bertz CT molecular complexity index is 645. The fourth-order valence-corrected chi connectivity index (χ4v) is 3.04. The maximum Gasteiger partial charge on any atom is 0.256 e. The molecule has 2 rings (SSSR count). The lowest BCUT2D eigenvalue weighted by atomic mass is 9.78. The van der Waals surface area contributed by atoms with Crippen LogP contribution in [0.25, 0.3) is 0 Å². The van der Waals surface area contributed by atoms with Gasteiger partial charge in [0.2, 0.25) is 5.88 Å². The predicted octanol–water partition coefficient (Wildman–Crippen LogP) is 2.88. The molecule has 1 aliphatic rings. The molecule has 0 radical (unpaired) electrons. The highest BCUT2D eigenvalue weighted by molar-refractivity contribution is 5.96. The molecule has 0 saturated heterocycles. The van der Waals surface area contributed by atoms with E-state index in [4.69, 9.17) is 4.74 Å². The van der Waals surface area contributed by atoms with Gasteiger partial charge in [-0.2, -0.15) is 0 Å². The normalized spacial score (nSPS) is 20.1. The highest BCUT2D eigenvalue weighted by atomic mass is 19.1. The van der Waals surface area contributed by atoms with Crippen LogP contribution in [0.2, 0.25) is 0 Å². The first-order valence-corrected chi connectivity index (χ1v) is 9.62. The van der Waals surface area contributed by atoms with Gasteiger partial charge in [0.05, 0.1) is 6.10 Å². The Morgan fingerprint density at radius 1 is 1.30 bits per heavy atom. The first kappa shape index (κ1) is 21.1. The van der Waals surface area contributed by atoms with E-state index in [2.05, 4.69) is 15.6 Å². The number of nitrogens with zero attached hydrogens (tertiary/aromatic N) is 1. The molecule has 0 aliphatic heterocycles. The van der Waals surface area contributed by atoms with Crippen LogP contribution in [0, 0.1) is 11.8 Å². The molecule has 1 unspecified atom stereocenters. The Kier molecular flexibility index (Phi) is 7.56. The van der Waals surface area contributed by atoms with E-state index in [1.54, 1.807) is 32.2 Å². The molecule has 1 heterocycles. The van der Waals surface area contributed by atoms with E-state index in [1.165, 1.54) is 0 Å². The number of carbonyl (C=O) groups excluding carboxylic acids is 2. The van der Waals surface area contributed by atoms with Crippen LogP contribution in [-0.4, -0.2) is 41.7 Å². The quantitative estimate of drug-likeness (QED) is 0.691. The van der Waals surface area contributed by atoms with Crippen LogP contribution in [0.15, 0.2) is 18.3 Å². The van der Waals surface area contributed by atoms with Crippen LogP contribution in [0.1, 0.15) is 57.3 Å². The van der Waals surface area contributed by atoms with E-state index in [1.807, 2.05) is 13.8 Å². The molecular formula is C20H30FN3O3. The van der Waals surface area contributed by atoms with Crippen LogP contribution in [0.3, 0.4) is 0 Å². The van der Waals surface area contributed by atoms with E-state index in [-0.39, 0.29) is 24.0 Å². The van der Waals surface area contributed by atoms with Crippen LogP contribution < -0.4 is 15.4 Å². The van der Waals surface area contributed by atoms with E-state index in [0.29, 0.717) is 23.9 Å². The Morgan fingerprint density at radius 2 is 2.00 bits per heavy atom. The van der Waals surface area contributed by atoms with Crippen molar-refractivity contribution >= 4 is 11.8 Å². The zero-order chi connectivity index (χ0) is 20.0. The van der Waals surface area contributed by atoms with Crippen molar-refractivity contribution < 1.29 is 18.7 Å². The molecule has 1 aliphatic carbocycles. The lowest BCUT2D eigenvalue weighted by Crippen LogP contribution is -2.48. The molecule has 150 valence electrons. The van der Waals surface area contributed by atoms with Crippen molar-refractivity contribution in [2.75, 3.05) is 6.54 Å². The number of halogens is 1. The maximum absolute atomic E-state index is 13.6. The second kappa shape index (κ2) is 9.67. The van der Waals surface area contributed by atoms with Gasteiger partial charge in [-0.1, -0.05) is 13.8 Å². The van der Waals surface area contributed by atoms with Crippen molar-refractivity contribution in [2.45, 2.75) is 65.3 Å². The summed E-state index contributed by atoms with van der Waals surface area (Å²) in [6.07, 6.45) is 2.54. The number of rotatable bonds is 9. The molecule has 1 fully saturated rings. The fourth-order valence-electron chi connectivity index (χ4n) is 3.04. The van der Waals surface area contributed by atoms with E-state index < -0.39 is 12.1 Å². The largest absolute Gasteiger partial charge is 0.474 e. The number of amides is 2. The van der Waals surface area contributed by atoms with Gasteiger partial charge in [0.25, 0.3) is 11.8 Å². The number of aromatic nitrogens is 1. The number of nitrogens with one attached hydrogen (secondary N) is 2. The summed E-state index contributed by atoms with van der Waals surface area (Å²) >= 11 is 0. The van der Waals surface area contributed by atoms with Gasteiger partial charge in [-0.3, -0.25) is 9.59 Å². The number of ether oxygens (including phenoxy) is 1. The molecule has 0 aromatic carbocycles. The standard InChI is InChI=1S/C20H30FN3O3/c1-12(2)17(21)19(26)24-15-10-14(11-15)7-9-22-18(25)16-6-5-8-23-20(16)27-13(3)4/h5-6,8,12-15,17H,7,9-11H2,1-4H3,(H,22,25)(H,24,26). The average molecular weight is 379 g/mol. The monoisotopic (exact) mass is 379 g/mol. The molecule has 6 nitrogen and oxygen atoms in total. The van der Waals surface area contributed by atoms with Crippen molar-refractivity contribution in [2.24, 2.45) is 11.8 Å². The van der Waals surface area contributed by atoms with E-state index in [9.17, 15) is 14.0 Å². The molecule has 0 bridgehead atoms. The molecule has 0 spiro atoms. The fraction of sp³-hybridized carbons (Fsp3) is 0.650. The van der Waals surface area contributed by atoms with Crippen molar-refractivity contribution in [1.82, 2.24) is 15.6 Å². The Morgan fingerprint density at radius 3 is 2.63 bits per heavy atom. The highest BCUT2D eigenvalue weighted by Gasteiger charge is 2.32. The Labute approximate surface area is 160 Å². The van der Waals surface area contributed by atoms with E-state index >= 15 is 0 Å². The molecule has 27 heavy (non-hydrogen) atoms. The molecule has 1 atom stereocenters. The van der Waals surface area contributed by atoms with Crippen molar-refractivity contribution in [3.05, 3.63) is 23.9 Å². The minimum Gasteiger partial charge on any atom is -0.474 e. The van der Waals surface area contributed by atoms with Gasteiger partial charge in [-0.05, 0) is 57.1 Å². The molecule has 1 saturated carbocycles. The molecule has 2 N–H and O–H groups in total. The lowest BCUT2D eigenvalue weighted by molar-refractivity contribution is -0.129. The van der Waals surface area contributed by atoms with Gasteiger partial charge in [0.15, 0.2) is 6.17 Å². The summed E-state index contributed by atoms with van der Waals surface area (Å²) in [5.74, 6) is -0.278. The van der Waals surface area contributed by atoms with Crippen LogP contribution in [0.5, 0.6) is 5.88 Å². The Balaban J connectivity index is 1.70. The van der Waals surface area contributed by atoms with Crippen molar-refractivity contribution in [3.8, 4) is 5.88 Å². The maximum atomic E-state index is 13.6. The number of carbonyl (C=O) groups is 2. The minimum absolute atomic E-state index is 0.0413. The summed E-state index contributed by atoms with van der Waals surface area (Å²) < 4.78 is 19.2. The van der Waals surface area contributed by atoms with Gasteiger partial charge >= 0.3 is 0 Å². The Hall–Kier alpha value is -2.18. The van der Waals surface area contributed by atoms with Crippen LogP contribution in [0.4, 0.5) is 4.39 Å². The summed E-state index contributed by atoms with van der Waals surface area (Å²) in [5, 5.41) is 5.65. The number of alkyl halides is 1. The van der Waals surface area contributed by atoms with Crippen LogP contribution in [-0.2, 0) is 4.79 Å². The molecular weight excluding hydrogens is 349 g/mol. The molecule has 1 aromatic heterocycles. The van der Waals surface area contributed by atoms with Crippen molar-refractivity contribution in [1.29, 1.82) is 0 Å². The first-order chi connectivity index (χ1) is 12.8. The number of hydrogen-bond donors (Lipinski definition) is 2. The second-order valence-corrected chi connectivity index (χ2v) is 7.76. The smallest absolute Gasteiger partial charge is 0.256 e. The van der Waals surface area contributed by atoms with Gasteiger partial charge in [-0.15, -0.1) is 0 Å². The summed E-state index contributed by atoms with van der Waals surface area (Å²) in [5.41, 5.74) is 0.424. The predicted molar refractivity (Wildman–Crippen MR) is 101 cm³/mol. The summed E-state index contributed by atoms with van der Waals surface area (Å²) in [7, 11) is 0. The third kappa shape index (κ3) is 6.19.